The van der Waals surface area contributed by atoms with Crippen molar-refractivity contribution in [2.75, 3.05) is 6.61 Å². The van der Waals surface area contributed by atoms with Crippen molar-refractivity contribution in [2.24, 2.45) is 7.05 Å². The zero-order valence-electron chi connectivity index (χ0n) is 12.2. The summed E-state index contributed by atoms with van der Waals surface area (Å²) in [7, 11) is 1.97. The molecule has 0 amide bonds. The van der Waals surface area contributed by atoms with Crippen molar-refractivity contribution in [2.45, 2.75) is 13.8 Å². The average Bonchev–Trinajstić information content (AvgIpc) is 2.83. The number of carbonyl (C=O) groups is 2. The van der Waals surface area contributed by atoms with Crippen LogP contribution in [0.5, 0.6) is 0 Å². The maximum Gasteiger partial charge on any atom is 0.338 e. The van der Waals surface area contributed by atoms with Gasteiger partial charge in [0.05, 0.1) is 17.7 Å². The van der Waals surface area contributed by atoms with Gasteiger partial charge in [0.15, 0.2) is 0 Å². The maximum absolute atomic E-state index is 11.3. The van der Waals surface area contributed by atoms with Crippen LogP contribution < -0.4 is 0 Å². The molecule has 0 saturated heterocycles. The van der Waals surface area contributed by atoms with Gasteiger partial charge < -0.3 is 14.4 Å². The van der Waals surface area contributed by atoms with Crippen molar-refractivity contribution < 1.29 is 19.4 Å². The molecule has 0 aliphatic carbocycles. The highest BCUT2D eigenvalue weighted by molar-refractivity contribution is 6.02. The largest absolute Gasteiger partial charge is 0.478 e. The fourth-order valence-electron chi connectivity index (χ4n) is 1.50. The number of hydrogen-bond donors (Lipinski definition) is 1. The minimum Gasteiger partial charge on any atom is -0.478 e. The SMILES string of the molecule is CCOC(=O)c1ccccc1C(=O)O.Cc1nccn1C. The van der Waals surface area contributed by atoms with Gasteiger partial charge in [-0.25, -0.2) is 14.6 Å². The van der Waals surface area contributed by atoms with Crippen LogP contribution in [0.3, 0.4) is 0 Å². The Morgan fingerprint density at radius 3 is 2.29 bits per heavy atom. The second-order valence-corrected chi connectivity index (χ2v) is 4.16. The van der Waals surface area contributed by atoms with Crippen LogP contribution in [0.25, 0.3) is 0 Å². The molecule has 0 radical (unpaired) electrons. The van der Waals surface area contributed by atoms with Crippen molar-refractivity contribution in [3.8, 4) is 0 Å². The summed E-state index contributed by atoms with van der Waals surface area (Å²) in [6.45, 7) is 3.87. The molecule has 0 fully saturated rings. The number of rotatable bonds is 3. The summed E-state index contributed by atoms with van der Waals surface area (Å²) < 4.78 is 6.69. The zero-order chi connectivity index (χ0) is 15.8. The molecule has 0 aliphatic rings. The molecule has 0 bridgehead atoms. The first-order valence-corrected chi connectivity index (χ1v) is 6.40. The second kappa shape index (κ2) is 7.84. The number of carboxylic acids is 1. The molecule has 2 rings (SSSR count). The number of carbonyl (C=O) groups excluding carboxylic acids is 1. The molecule has 2 aromatic rings. The van der Waals surface area contributed by atoms with E-state index in [1.54, 1.807) is 25.3 Å². The first kappa shape index (κ1) is 16.4. The molecule has 6 heteroatoms. The molecule has 1 heterocycles. The van der Waals surface area contributed by atoms with Crippen LogP contribution in [0.1, 0.15) is 33.5 Å². The summed E-state index contributed by atoms with van der Waals surface area (Å²) >= 11 is 0. The van der Waals surface area contributed by atoms with Gasteiger partial charge in [0, 0.05) is 19.4 Å². The van der Waals surface area contributed by atoms with Crippen LogP contribution in [-0.2, 0) is 11.8 Å². The Kier molecular flexibility index (Phi) is 6.13. The fourth-order valence-corrected chi connectivity index (χ4v) is 1.50. The van der Waals surface area contributed by atoms with E-state index < -0.39 is 11.9 Å². The number of carboxylic acid groups (broad SMARTS) is 1. The molecule has 112 valence electrons. The lowest BCUT2D eigenvalue weighted by Crippen LogP contribution is -2.11. The first-order valence-electron chi connectivity index (χ1n) is 6.40. The molecule has 0 atom stereocenters. The quantitative estimate of drug-likeness (QED) is 0.877. The van der Waals surface area contributed by atoms with Crippen LogP contribution in [0.15, 0.2) is 36.7 Å². The Labute approximate surface area is 123 Å². The van der Waals surface area contributed by atoms with E-state index in [2.05, 4.69) is 4.98 Å². The van der Waals surface area contributed by atoms with E-state index in [1.165, 1.54) is 12.1 Å². The van der Waals surface area contributed by atoms with Gasteiger partial charge in [-0.1, -0.05) is 12.1 Å². The van der Waals surface area contributed by atoms with E-state index in [1.807, 2.05) is 24.7 Å². The molecule has 0 unspecified atom stereocenters. The summed E-state index contributed by atoms with van der Waals surface area (Å²) in [5.74, 6) is -0.681. The normalized spacial score (nSPS) is 9.48. The van der Waals surface area contributed by atoms with Gasteiger partial charge in [-0.05, 0) is 26.0 Å². The number of aromatic nitrogens is 2. The van der Waals surface area contributed by atoms with E-state index >= 15 is 0 Å². The predicted molar refractivity (Wildman–Crippen MR) is 77.3 cm³/mol. The summed E-state index contributed by atoms with van der Waals surface area (Å²) in [6, 6.07) is 5.96. The number of nitrogens with zero attached hydrogens (tertiary/aromatic N) is 2. The Morgan fingerprint density at radius 2 is 1.90 bits per heavy atom. The topological polar surface area (TPSA) is 81.4 Å². The number of aromatic carboxylic acids is 1. The summed E-state index contributed by atoms with van der Waals surface area (Å²) in [4.78, 5) is 26.0. The zero-order valence-corrected chi connectivity index (χ0v) is 12.2. The van der Waals surface area contributed by atoms with E-state index in [9.17, 15) is 9.59 Å². The monoisotopic (exact) mass is 290 g/mol. The third-order valence-electron chi connectivity index (χ3n) is 2.71. The molecular formula is C15H18N2O4. The van der Waals surface area contributed by atoms with E-state index in [0.717, 1.165) is 5.82 Å². The highest BCUT2D eigenvalue weighted by Gasteiger charge is 2.15. The smallest absolute Gasteiger partial charge is 0.338 e. The Balaban J connectivity index is 0.000000262. The minimum atomic E-state index is -1.13. The van der Waals surface area contributed by atoms with Crippen LogP contribution in [0.4, 0.5) is 0 Å². The molecule has 21 heavy (non-hydrogen) atoms. The molecule has 1 aromatic carbocycles. The maximum atomic E-state index is 11.3. The minimum absolute atomic E-state index is 0.0362. The van der Waals surface area contributed by atoms with Crippen LogP contribution in [0, 0.1) is 6.92 Å². The van der Waals surface area contributed by atoms with Gasteiger partial charge in [0.25, 0.3) is 0 Å². The van der Waals surface area contributed by atoms with E-state index in [-0.39, 0.29) is 17.7 Å². The number of hydrogen-bond acceptors (Lipinski definition) is 4. The van der Waals surface area contributed by atoms with Gasteiger partial charge in [-0.2, -0.15) is 0 Å². The number of benzene rings is 1. The molecule has 0 spiro atoms. The standard InChI is InChI=1S/C10H10O4.C5H8N2/c1-2-14-10(13)8-6-4-3-5-7(8)9(11)12;1-5-6-3-4-7(5)2/h3-6H,2H2,1H3,(H,11,12);3-4H,1-2H3. The number of imidazole rings is 1. The van der Waals surface area contributed by atoms with Crippen molar-refractivity contribution >= 4 is 11.9 Å². The summed E-state index contributed by atoms with van der Waals surface area (Å²) in [6.07, 6.45) is 3.71. The van der Waals surface area contributed by atoms with Crippen LogP contribution in [-0.4, -0.2) is 33.2 Å². The molecule has 0 aliphatic heterocycles. The fraction of sp³-hybridized carbons (Fsp3) is 0.267. The lowest BCUT2D eigenvalue weighted by atomic mass is 10.1. The van der Waals surface area contributed by atoms with E-state index in [0.29, 0.717) is 0 Å². The number of ether oxygens (including phenoxy) is 1. The van der Waals surface area contributed by atoms with Crippen molar-refractivity contribution in [1.82, 2.24) is 9.55 Å². The van der Waals surface area contributed by atoms with Gasteiger partial charge >= 0.3 is 11.9 Å². The highest BCUT2D eigenvalue weighted by atomic mass is 16.5. The van der Waals surface area contributed by atoms with E-state index in [4.69, 9.17) is 9.84 Å². The molecule has 0 saturated carbocycles. The van der Waals surface area contributed by atoms with Gasteiger partial charge in [0.1, 0.15) is 5.82 Å². The average molecular weight is 290 g/mol. The second-order valence-electron chi connectivity index (χ2n) is 4.16. The van der Waals surface area contributed by atoms with Crippen molar-refractivity contribution in [1.29, 1.82) is 0 Å². The van der Waals surface area contributed by atoms with Crippen LogP contribution in [0.2, 0.25) is 0 Å². The molecule has 1 aromatic heterocycles. The van der Waals surface area contributed by atoms with Gasteiger partial charge in [-0.3, -0.25) is 0 Å². The Morgan fingerprint density at radius 1 is 1.29 bits per heavy atom. The molecular weight excluding hydrogens is 272 g/mol. The lowest BCUT2D eigenvalue weighted by molar-refractivity contribution is 0.0514. The third-order valence-corrected chi connectivity index (χ3v) is 2.71. The Bertz CT molecular complexity index is 603. The number of esters is 1. The van der Waals surface area contributed by atoms with Crippen molar-refractivity contribution in [3.63, 3.8) is 0 Å². The predicted octanol–water partition coefficient (Wildman–Crippen LogP) is 2.29. The molecule has 1 N–H and O–H groups in total. The first-order chi connectivity index (χ1) is 9.97. The summed E-state index contributed by atoms with van der Waals surface area (Å²) in [5, 5.41) is 8.77. The van der Waals surface area contributed by atoms with Crippen LogP contribution >= 0.6 is 0 Å². The lowest BCUT2D eigenvalue weighted by Gasteiger charge is -2.04. The van der Waals surface area contributed by atoms with Gasteiger partial charge in [0.2, 0.25) is 0 Å². The van der Waals surface area contributed by atoms with Crippen molar-refractivity contribution in [3.05, 3.63) is 53.6 Å². The summed E-state index contributed by atoms with van der Waals surface area (Å²) in [5.41, 5.74) is 0.0489. The van der Waals surface area contributed by atoms with Gasteiger partial charge in [-0.15, -0.1) is 0 Å². The third kappa shape index (κ3) is 4.76. The highest BCUT2D eigenvalue weighted by Crippen LogP contribution is 2.10. The number of aryl methyl sites for hydroxylation is 2. The molecule has 6 nitrogen and oxygen atoms in total. The Hall–Kier alpha value is -2.63.